The van der Waals surface area contributed by atoms with Crippen molar-refractivity contribution >= 4 is 5.91 Å². The number of carbonyl (C=O) groups is 1. The molecule has 3 heteroatoms. The number of amides is 1. The number of rotatable bonds is 2. The number of nitrogens with zero attached hydrogens (tertiary/aromatic N) is 1. The van der Waals surface area contributed by atoms with Gasteiger partial charge in [-0.3, -0.25) is 4.79 Å². The van der Waals surface area contributed by atoms with Gasteiger partial charge in [0.1, 0.15) is 0 Å². The molecule has 1 N–H and O–H groups in total. The van der Waals surface area contributed by atoms with E-state index in [4.69, 9.17) is 0 Å². The van der Waals surface area contributed by atoms with Crippen LogP contribution >= 0.6 is 0 Å². The number of hydrogen-bond donors (Lipinski definition) is 1. The van der Waals surface area contributed by atoms with Crippen molar-refractivity contribution in [1.29, 1.82) is 0 Å². The van der Waals surface area contributed by atoms with Crippen LogP contribution in [0.5, 0.6) is 0 Å². The molecule has 1 amide bonds. The Morgan fingerprint density at radius 1 is 1.25 bits per heavy atom. The minimum Gasteiger partial charge on any atom is -0.389 e. The van der Waals surface area contributed by atoms with Gasteiger partial charge in [0.15, 0.2) is 0 Å². The van der Waals surface area contributed by atoms with Crippen LogP contribution < -0.4 is 0 Å². The summed E-state index contributed by atoms with van der Waals surface area (Å²) in [5.41, 5.74) is 1.56. The lowest BCUT2D eigenvalue weighted by molar-refractivity contribution is 0.0792. The molecule has 1 aliphatic heterocycles. The van der Waals surface area contributed by atoms with Crippen LogP contribution in [0.15, 0.2) is 24.3 Å². The van der Waals surface area contributed by atoms with Gasteiger partial charge in [-0.2, -0.15) is 0 Å². The number of hydrogen-bond acceptors (Lipinski definition) is 2. The molecule has 1 aromatic carbocycles. The van der Waals surface area contributed by atoms with Crippen LogP contribution in [0.3, 0.4) is 0 Å². The van der Waals surface area contributed by atoms with E-state index in [2.05, 4.69) is 0 Å². The molecule has 0 unspecified atom stereocenters. The Bertz CT molecular complexity index is 364. The zero-order chi connectivity index (χ0) is 11.5. The Balaban J connectivity index is 2.11. The lowest BCUT2D eigenvalue weighted by Gasteiger charge is -2.15. The molecular formula is C13H17NO2. The van der Waals surface area contributed by atoms with Crippen molar-refractivity contribution in [2.45, 2.75) is 25.9 Å². The Labute approximate surface area is 95.7 Å². The Morgan fingerprint density at radius 2 is 1.81 bits per heavy atom. The minimum absolute atomic E-state index is 0.106. The maximum Gasteiger partial charge on any atom is 0.253 e. The van der Waals surface area contributed by atoms with Crippen molar-refractivity contribution in [1.82, 2.24) is 4.90 Å². The predicted molar refractivity (Wildman–Crippen MR) is 62.2 cm³/mol. The van der Waals surface area contributed by atoms with E-state index in [1.165, 1.54) is 0 Å². The summed E-state index contributed by atoms with van der Waals surface area (Å²) >= 11 is 0. The second-order valence-corrected chi connectivity index (χ2v) is 4.30. The third kappa shape index (κ3) is 2.25. The van der Waals surface area contributed by atoms with Crippen LogP contribution in [-0.2, 0) is 0 Å². The largest absolute Gasteiger partial charge is 0.389 e. The van der Waals surface area contributed by atoms with Gasteiger partial charge in [-0.25, -0.2) is 0 Å². The third-order valence-electron chi connectivity index (χ3n) is 3.03. The predicted octanol–water partition coefficient (Wildman–Crippen LogP) is 1.98. The van der Waals surface area contributed by atoms with Crippen molar-refractivity contribution in [2.75, 3.05) is 13.1 Å². The highest BCUT2D eigenvalue weighted by atomic mass is 16.3. The van der Waals surface area contributed by atoms with Gasteiger partial charge in [0.05, 0.1) is 6.10 Å². The molecular weight excluding hydrogens is 202 g/mol. The second kappa shape index (κ2) is 4.66. The lowest BCUT2D eigenvalue weighted by atomic mass is 10.1. The van der Waals surface area contributed by atoms with Crippen molar-refractivity contribution in [2.24, 2.45) is 0 Å². The van der Waals surface area contributed by atoms with E-state index in [9.17, 15) is 9.90 Å². The first-order valence-corrected chi connectivity index (χ1v) is 5.76. The van der Waals surface area contributed by atoms with Crippen LogP contribution in [0.1, 0.15) is 41.8 Å². The summed E-state index contributed by atoms with van der Waals surface area (Å²) < 4.78 is 0. The van der Waals surface area contributed by atoms with E-state index in [1.807, 2.05) is 17.0 Å². The summed E-state index contributed by atoms with van der Waals surface area (Å²) in [5.74, 6) is 0.106. The average molecular weight is 219 g/mol. The molecule has 1 atom stereocenters. The van der Waals surface area contributed by atoms with E-state index in [0.717, 1.165) is 31.5 Å². The van der Waals surface area contributed by atoms with Gasteiger partial charge in [0.2, 0.25) is 0 Å². The average Bonchev–Trinajstić information content (AvgIpc) is 2.81. The van der Waals surface area contributed by atoms with E-state index >= 15 is 0 Å². The molecule has 16 heavy (non-hydrogen) atoms. The molecule has 1 fully saturated rings. The van der Waals surface area contributed by atoms with Crippen molar-refractivity contribution in [3.8, 4) is 0 Å². The normalized spacial score (nSPS) is 17.5. The van der Waals surface area contributed by atoms with Gasteiger partial charge in [-0.15, -0.1) is 0 Å². The number of likely N-dealkylation sites (tertiary alicyclic amines) is 1. The molecule has 2 rings (SSSR count). The Morgan fingerprint density at radius 3 is 2.31 bits per heavy atom. The molecule has 86 valence electrons. The van der Waals surface area contributed by atoms with Crippen LogP contribution in [-0.4, -0.2) is 29.0 Å². The number of benzene rings is 1. The second-order valence-electron chi connectivity index (χ2n) is 4.30. The molecule has 0 spiro atoms. The van der Waals surface area contributed by atoms with Gasteiger partial charge in [-0.05, 0) is 37.5 Å². The number of carbonyl (C=O) groups excluding carboxylic acids is 1. The highest BCUT2D eigenvalue weighted by Crippen LogP contribution is 2.16. The van der Waals surface area contributed by atoms with Gasteiger partial charge in [0.25, 0.3) is 5.91 Å². The zero-order valence-electron chi connectivity index (χ0n) is 9.52. The van der Waals surface area contributed by atoms with Crippen molar-refractivity contribution in [3.63, 3.8) is 0 Å². The highest BCUT2D eigenvalue weighted by Gasteiger charge is 2.19. The summed E-state index contributed by atoms with van der Waals surface area (Å²) in [7, 11) is 0. The fourth-order valence-electron chi connectivity index (χ4n) is 2.01. The Hall–Kier alpha value is -1.35. The van der Waals surface area contributed by atoms with Crippen LogP contribution in [0.2, 0.25) is 0 Å². The Kier molecular flexibility index (Phi) is 3.25. The lowest BCUT2D eigenvalue weighted by Crippen LogP contribution is -2.27. The monoisotopic (exact) mass is 219 g/mol. The molecule has 1 aliphatic rings. The van der Waals surface area contributed by atoms with Crippen molar-refractivity contribution in [3.05, 3.63) is 35.4 Å². The maximum absolute atomic E-state index is 12.0. The summed E-state index contributed by atoms with van der Waals surface area (Å²) in [4.78, 5) is 13.9. The first kappa shape index (κ1) is 11.1. The number of aliphatic hydroxyl groups is 1. The standard InChI is InChI=1S/C13H17NO2/c1-10(15)11-4-6-12(7-5-11)13(16)14-8-2-3-9-14/h4-7,10,15H,2-3,8-9H2,1H3/t10-/m0/s1. The SMILES string of the molecule is C[C@H](O)c1ccc(C(=O)N2CCCC2)cc1. The molecule has 1 saturated heterocycles. The zero-order valence-corrected chi connectivity index (χ0v) is 9.52. The minimum atomic E-state index is -0.476. The van der Waals surface area contributed by atoms with E-state index in [-0.39, 0.29) is 5.91 Å². The molecule has 0 aliphatic carbocycles. The fraction of sp³-hybridized carbons (Fsp3) is 0.462. The molecule has 0 bridgehead atoms. The highest BCUT2D eigenvalue weighted by molar-refractivity contribution is 5.94. The third-order valence-corrected chi connectivity index (χ3v) is 3.03. The first-order valence-electron chi connectivity index (χ1n) is 5.76. The molecule has 3 nitrogen and oxygen atoms in total. The summed E-state index contributed by atoms with van der Waals surface area (Å²) in [6.07, 6.45) is 1.74. The van der Waals surface area contributed by atoms with Gasteiger partial charge in [0, 0.05) is 18.7 Å². The van der Waals surface area contributed by atoms with Gasteiger partial charge in [-0.1, -0.05) is 12.1 Å². The molecule has 0 saturated carbocycles. The summed E-state index contributed by atoms with van der Waals surface area (Å²) in [6, 6.07) is 7.22. The summed E-state index contributed by atoms with van der Waals surface area (Å²) in [6.45, 7) is 3.46. The van der Waals surface area contributed by atoms with Crippen LogP contribution in [0.25, 0.3) is 0 Å². The molecule has 0 aromatic heterocycles. The fourth-order valence-corrected chi connectivity index (χ4v) is 2.01. The van der Waals surface area contributed by atoms with E-state index in [1.54, 1.807) is 19.1 Å². The topological polar surface area (TPSA) is 40.5 Å². The quantitative estimate of drug-likeness (QED) is 0.826. The van der Waals surface area contributed by atoms with Crippen LogP contribution in [0, 0.1) is 0 Å². The smallest absolute Gasteiger partial charge is 0.253 e. The van der Waals surface area contributed by atoms with Gasteiger partial charge >= 0.3 is 0 Å². The van der Waals surface area contributed by atoms with E-state index < -0.39 is 6.10 Å². The molecule has 1 aromatic rings. The summed E-state index contributed by atoms with van der Waals surface area (Å²) in [5, 5.41) is 9.37. The van der Waals surface area contributed by atoms with Gasteiger partial charge < -0.3 is 10.0 Å². The first-order chi connectivity index (χ1) is 7.68. The molecule has 0 radical (unpaired) electrons. The molecule has 1 heterocycles. The maximum atomic E-state index is 12.0. The van der Waals surface area contributed by atoms with Crippen LogP contribution in [0.4, 0.5) is 0 Å². The van der Waals surface area contributed by atoms with Crippen molar-refractivity contribution < 1.29 is 9.90 Å². The number of aliphatic hydroxyl groups excluding tert-OH is 1. The van der Waals surface area contributed by atoms with E-state index in [0.29, 0.717) is 5.56 Å².